The van der Waals surface area contributed by atoms with Crippen molar-refractivity contribution in [3.63, 3.8) is 0 Å². The van der Waals surface area contributed by atoms with Crippen molar-refractivity contribution in [2.75, 3.05) is 19.6 Å². The van der Waals surface area contributed by atoms with Crippen LogP contribution < -0.4 is 5.32 Å². The van der Waals surface area contributed by atoms with Crippen LogP contribution in [0.2, 0.25) is 0 Å². The second-order valence-corrected chi connectivity index (χ2v) is 7.48. The molecule has 1 saturated carbocycles. The van der Waals surface area contributed by atoms with Gasteiger partial charge in [-0.25, -0.2) is 0 Å². The summed E-state index contributed by atoms with van der Waals surface area (Å²) >= 11 is 0. The van der Waals surface area contributed by atoms with Gasteiger partial charge in [-0.05, 0) is 43.7 Å². The molecule has 2 heterocycles. The molecule has 2 aliphatic rings. The smallest absolute Gasteiger partial charge is 0.289 e. The SMILES string of the molecule is O=C(NCCCC1CCCCC1)C1CCN(C(=O)c2ccco2)CC1. The molecule has 1 aliphatic carbocycles. The minimum absolute atomic E-state index is 0.0373. The van der Waals surface area contributed by atoms with Gasteiger partial charge >= 0.3 is 0 Å². The van der Waals surface area contributed by atoms with Crippen molar-refractivity contribution in [3.8, 4) is 0 Å². The molecule has 0 aromatic carbocycles. The summed E-state index contributed by atoms with van der Waals surface area (Å²) in [5, 5.41) is 3.10. The molecule has 1 aromatic heterocycles. The maximum atomic E-state index is 12.3. The van der Waals surface area contributed by atoms with Crippen molar-refractivity contribution in [2.45, 2.75) is 57.8 Å². The van der Waals surface area contributed by atoms with Crippen LogP contribution in [-0.4, -0.2) is 36.3 Å². The summed E-state index contributed by atoms with van der Waals surface area (Å²) < 4.78 is 5.17. The van der Waals surface area contributed by atoms with Gasteiger partial charge in [0.05, 0.1) is 6.26 Å². The third-order valence-corrected chi connectivity index (χ3v) is 5.70. The van der Waals surface area contributed by atoms with Gasteiger partial charge in [-0.3, -0.25) is 9.59 Å². The van der Waals surface area contributed by atoms with Gasteiger partial charge < -0.3 is 14.6 Å². The van der Waals surface area contributed by atoms with E-state index in [1.807, 2.05) is 0 Å². The third kappa shape index (κ3) is 5.10. The molecular formula is C20H30N2O3. The largest absolute Gasteiger partial charge is 0.459 e. The summed E-state index contributed by atoms with van der Waals surface area (Å²) in [5.74, 6) is 1.38. The van der Waals surface area contributed by atoms with Gasteiger partial charge in [0.15, 0.2) is 5.76 Å². The Morgan fingerprint density at radius 1 is 1.12 bits per heavy atom. The molecule has 0 spiro atoms. The van der Waals surface area contributed by atoms with E-state index in [1.54, 1.807) is 17.0 Å². The van der Waals surface area contributed by atoms with Crippen LogP contribution in [0.5, 0.6) is 0 Å². The topological polar surface area (TPSA) is 62.6 Å². The van der Waals surface area contributed by atoms with Crippen molar-refractivity contribution in [1.82, 2.24) is 10.2 Å². The minimum atomic E-state index is -0.0728. The first-order valence-electron chi connectivity index (χ1n) is 9.84. The second-order valence-electron chi connectivity index (χ2n) is 7.48. The van der Waals surface area contributed by atoms with Crippen LogP contribution in [0.1, 0.15) is 68.3 Å². The molecule has 0 radical (unpaired) electrons. The average molecular weight is 346 g/mol. The molecule has 2 amide bonds. The maximum Gasteiger partial charge on any atom is 0.289 e. The van der Waals surface area contributed by atoms with Crippen LogP contribution in [0, 0.1) is 11.8 Å². The zero-order chi connectivity index (χ0) is 17.5. The van der Waals surface area contributed by atoms with E-state index in [4.69, 9.17) is 4.42 Å². The normalized spacial score (nSPS) is 19.8. The van der Waals surface area contributed by atoms with E-state index < -0.39 is 0 Å². The Balaban J connectivity index is 1.32. The molecule has 1 N–H and O–H groups in total. The lowest BCUT2D eigenvalue weighted by Gasteiger charge is -2.30. The van der Waals surface area contributed by atoms with Crippen LogP contribution in [-0.2, 0) is 4.79 Å². The first-order valence-corrected chi connectivity index (χ1v) is 9.84. The Morgan fingerprint density at radius 3 is 2.56 bits per heavy atom. The van der Waals surface area contributed by atoms with Crippen LogP contribution in [0.3, 0.4) is 0 Å². The minimum Gasteiger partial charge on any atom is -0.459 e. The first kappa shape index (κ1) is 18.0. The lowest BCUT2D eigenvalue weighted by Crippen LogP contribution is -2.43. The molecule has 25 heavy (non-hydrogen) atoms. The maximum absolute atomic E-state index is 12.3. The third-order valence-electron chi connectivity index (χ3n) is 5.70. The highest BCUT2D eigenvalue weighted by atomic mass is 16.3. The van der Waals surface area contributed by atoms with Crippen molar-refractivity contribution in [2.24, 2.45) is 11.8 Å². The fourth-order valence-corrected chi connectivity index (χ4v) is 4.12. The zero-order valence-electron chi connectivity index (χ0n) is 15.0. The van der Waals surface area contributed by atoms with Gasteiger partial charge in [-0.2, -0.15) is 0 Å². The Morgan fingerprint density at radius 2 is 1.88 bits per heavy atom. The van der Waals surface area contributed by atoms with Gasteiger partial charge in [0.1, 0.15) is 0 Å². The summed E-state index contributed by atoms with van der Waals surface area (Å²) in [4.78, 5) is 26.3. The van der Waals surface area contributed by atoms with Crippen molar-refractivity contribution in [1.29, 1.82) is 0 Å². The Bertz CT molecular complexity index is 541. The summed E-state index contributed by atoms with van der Waals surface area (Å²) in [7, 11) is 0. The molecule has 0 bridgehead atoms. The molecule has 3 rings (SSSR count). The van der Waals surface area contributed by atoms with Gasteiger partial charge in [-0.15, -0.1) is 0 Å². The van der Waals surface area contributed by atoms with E-state index in [-0.39, 0.29) is 17.7 Å². The number of carbonyl (C=O) groups is 2. The van der Waals surface area contributed by atoms with E-state index >= 15 is 0 Å². The molecular weight excluding hydrogens is 316 g/mol. The number of nitrogens with zero attached hydrogens (tertiary/aromatic N) is 1. The lowest BCUT2D eigenvalue weighted by molar-refractivity contribution is -0.126. The standard InChI is InChI=1S/C20H30N2O3/c23-19(21-12-4-8-16-6-2-1-3-7-16)17-10-13-22(14-11-17)20(24)18-9-5-15-25-18/h5,9,15-17H,1-4,6-8,10-14H2,(H,21,23). The van der Waals surface area contributed by atoms with Crippen LogP contribution in [0.4, 0.5) is 0 Å². The number of furan rings is 1. The van der Waals surface area contributed by atoms with Crippen molar-refractivity contribution in [3.05, 3.63) is 24.2 Å². The van der Waals surface area contributed by atoms with Crippen LogP contribution in [0.25, 0.3) is 0 Å². The molecule has 1 aliphatic heterocycles. The zero-order valence-corrected chi connectivity index (χ0v) is 15.0. The molecule has 2 fully saturated rings. The molecule has 0 atom stereocenters. The second kappa shape index (κ2) is 9.07. The van der Waals surface area contributed by atoms with Crippen molar-refractivity contribution < 1.29 is 14.0 Å². The predicted octanol–water partition coefficient (Wildman–Crippen LogP) is 3.61. The number of carbonyl (C=O) groups excluding carboxylic acids is 2. The van der Waals surface area contributed by atoms with Crippen molar-refractivity contribution >= 4 is 11.8 Å². The Hall–Kier alpha value is -1.78. The molecule has 1 saturated heterocycles. The van der Waals surface area contributed by atoms with E-state index in [2.05, 4.69) is 5.32 Å². The average Bonchev–Trinajstić information content (AvgIpc) is 3.20. The number of rotatable bonds is 6. The molecule has 138 valence electrons. The highest BCUT2D eigenvalue weighted by molar-refractivity contribution is 5.91. The predicted molar refractivity (Wildman–Crippen MR) is 96.2 cm³/mol. The van der Waals surface area contributed by atoms with E-state index in [0.717, 1.165) is 31.7 Å². The van der Waals surface area contributed by atoms with Gasteiger partial charge in [0.25, 0.3) is 5.91 Å². The lowest BCUT2D eigenvalue weighted by atomic mass is 9.86. The molecule has 5 heteroatoms. The van der Waals surface area contributed by atoms with Gasteiger partial charge in [-0.1, -0.05) is 32.1 Å². The molecule has 1 aromatic rings. The monoisotopic (exact) mass is 346 g/mol. The van der Waals surface area contributed by atoms with E-state index in [1.165, 1.54) is 44.8 Å². The number of nitrogens with one attached hydrogen (secondary N) is 1. The summed E-state index contributed by atoms with van der Waals surface area (Å²) in [6.07, 6.45) is 12.2. The van der Waals surface area contributed by atoms with E-state index in [9.17, 15) is 9.59 Å². The van der Waals surface area contributed by atoms with Crippen LogP contribution in [0.15, 0.2) is 22.8 Å². The van der Waals surface area contributed by atoms with Gasteiger partial charge in [0, 0.05) is 25.6 Å². The Labute approximate surface area is 150 Å². The number of likely N-dealkylation sites (tertiary alicyclic amines) is 1. The summed E-state index contributed by atoms with van der Waals surface area (Å²) in [5.41, 5.74) is 0. The highest BCUT2D eigenvalue weighted by Gasteiger charge is 2.28. The molecule has 0 unspecified atom stereocenters. The number of piperidine rings is 1. The number of hydrogen-bond acceptors (Lipinski definition) is 3. The number of hydrogen-bond donors (Lipinski definition) is 1. The number of amides is 2. The Kier molecular flexibility index (Phi) is 6.54. The molecule has 5 nitrogen and oxygen atoms in total. The summed E-state index contributed by atoms with van der Waals surface area (Å²) in [6.45, 7) is 2.04. The summed E-state index contributed by atoms with van der Waals surface area (Å²) in [6, 6.07) is 3.41. The highest BCUT2D eigenvalue weighted by Crippen LogP contribution is 2.27. The van der Waals surface area contributed by atoms with E-state index in [0.29, 0.717) is 18.8 Å². The van der Waals surface area contributed by atoms with Gasteiger partial charge in [0.2, 0.25) is 5.91 Å². The fraction of sp³-hybridized carbons (Fsp3) is 0.700. The van der Waals surface area contributed by atoms with Crippen LogP contribution >= 0.6 is 0 Å². The fourth-order valence-electron chi connectivity index (χ4n) is 4.12. The quantitative estimate of drug-likeness (QED) is 0.801. The first-order chi connectivity index (χ1) is 12.2.